The standard InChI is InChI=1S/C17H27NO/c1-3-4-10-19-11-9-18-17-12-16(13-17)15-7-5-14(2)6-8-15/h5-8,16-18H,3-4,9-13H2,1-2H3. The molecule has 0 aromatic heterocycles. The van der Waals surface area contributed by atoms with E-state index in [1.54, 1.807) is 0 Å². The van der Waals surface area contributed by atoms with Crippen LogP contribution in [0, 0.1) is 6.92 Å². The maximum absolute atomic E-state index is 5.56. The molecule has 106 valence electrons. The second-order valence-electron chi connectivity index (χ2n) is 5.70. The molecule has 1 aromatic rings. The Labute approximate surface area is 117 Å². The maximum atomic E-state index is 5.56. The van der Waals surface area contributed by atoms with Crippen molar-refractivity contribution in [3.8, 4) is 0 Å². The molecule has 1 N–H and O–H groups in total. The van der Waals surface area contributed by atoms with Crippen LogP contribution in [0.1, 0.15) is 49.7 Å². The highest BCUT2D eigenvalue weighted by atomic mass is 16.5. The molecule has 2 heteroatoms. The first-order valence-electron chi connectivity index (χ1n) is 7.67. The van der Waals surface area contributed by atoms with Crippen LogP contribution in [-0.4, -0.2) is 25.8 Å². The zero-order valence-corrected chi connectivity index (χ0v) is 12.3. The van der Waals surface area contributed by atoms with Gasteiger partial charge in [-0.1, -0.05) is 43.2 Å². The summed E-state index contributed by atoms with van der Waals surface area (Å²) in [7, 11) is 0. The number of ether oxygens (including phenoxy) is 1. The van der Waals surface area contributed by atoms with Crippen LogP contribution in [0.3, 0.4) is 0 Å². The molecule has 0 heterocycles. The van der Waals surface area contributed by atoms with Crippen LogP contribution in [-0.2, 0) is 4.74 Å². The van der Waals surface area contributed by atoms with Crippen LogP contribution in [0.2, 0.25) is 0 Å². The van der Waals surface area contributed by atoms with Crippen molar-refractivity contribution >= 4 is 0 Å². The minimum absolute atomic E-state index is 0.695. The summed E-state index contributed by atoms with van der Waals surface area (Å²) >= 11 is 0. The summed E-state index contributed by atoms with van der Waals surface area (Å²) in [5.41, 5.74) is 2.85. The summed E-state index contributed by atoms with van der Waals surface area (Å²) in [6.45, 7) is 7.10. The van der Waals surface area contributed by atoms with E-state index >= 15 is 0 Å². The minimum atomic E-state index is 0.695. The average molecular weight is 261 g/mol. The molecule has 1 aliphatic carbocycles. The van der Waals surface area contributed by atoms with Crippen molar-refractivity contribution in [3.63, 3.8) is 0 Å². The van der Waals surface area contributed by atoms with Gasteiger partial charge >= 0.3 is 0 Å². The third-order valence-electron chi connectivity index (χ3n) is 4.01. The predicted molar refractivity (Wildman–Crippen MR) is 80.7 cm³/mol. The van der Waals surface area contributed by atoms with Gasteiger partial charge in [0.15, 0.2) is 0 Å². The van der Waals surface area contributed by atoms with Crippen molar-refractivity contribution < 1.29 is 4.74 Å². The molecule has 0 spiro atoms. The molecule has 0 radical (unpaired) electrons. The van der Waals surface area contributed by atoms with E-state index in [1.165, 1.54) is 36.8 Å². The molecule has 1 fully saturated rings. The van der Waals surface area contributed by atoms with E-state index in [9.17, 15) is 0 Å². The van der Waals surface area contributed by atoms with Gasteiger partial charge in [0, 0.05) is 19.2 Å². The third-order valence-corrected chi connectivity index (χ3v) is 4.01. The lowest BCUT2D eigenvalue weighted by molar-refractivity contribution is 0.126. The zero-order valence-electron chi connectivity index (χ0n) is 12.3. The fraction of sp³-hybridized carbons (Fsp3) is 0.647. The number of unbranched alkanes of at least 4 members (excludes halogenated alkanes) is 1. The van der Waals surface area contributed by atoms with Crippen molar-refractivity contribution in [2.75, 3.05) is 19.8 Å². The van der Waals surface area contributed by atoms with Crippen molar-refractivity contribution in [1.29, 1.82) is 0 Å². The highest BCUT2D eigenvalue weighted by Crippen LogP contribution is 2.36. The molecule has 19 heavy (non-hydrogen) atoms. The summed E-state index contributed by atoms with van der Waals surface area (Å²) in [6, 6.07) is 9.70. The van der Waals surface area contributed by atoms with Gasteiger partial charge in [-0.15, -0.1) is 0 Å². The summed E-state index contributed by atoms with van der Waals surface area (Å²) in [6.07, 6.45) is 4.95. The lowest BCUT2D eigenvalue weighted by Gasteiger charge is -2.36. The lowest BCUT2D eigenvalue weighted by Crippen LogP contribution is -2.41. The Morgan fingerprint density at radius 1 is 1.16 bits per heavy atom. The van der Waals surface area contributed by atoms with E-state index < -0.39 is 0 Å². The van der Waals surface area contributed by atoms with E-state index in [1.807, 2.05) is 0 Å². The number of aryl methyl sites for hydroxylation is 1. The minimum Gasteiger partial charge on any atom is -0.380 e. The first-order valence-corrected chi connectivity index (χ1v) is 7.67. The van der Waals surface area contributed by atoms with Gasteiger partial charge in [0.05, 0.1) is 6.61 Å². The molecular weight excluding hydrogens is 234 g/mol. The second kappa shape index (κ2) is 7.66. The van der Waals surface area contributed by atoms with Gasteiger partial charge in [-0.2, -0.15) is 0 Å². The first kappa shape index (κ1) is 14.5. The van der Waals surface area contributed by atoms with Gasteiger partial charge < -0.3 is 10.1 Å². The number of hydrogen-bond donors (Lipinski definition) is 1. The Balaban J connectivity index is 1.55. The SMILES string of the molecule is CCCCOCCNC1CC(c2ccc(C)cc2)C1. The van der Waals surface area contributed by atoms with Crippen LogP contribution >= 0.6 is 0 Å². The van der Waals surface area contributed by atoms with E-state index in [2.05, 4.69) is 43.4 Å². The molecule has 0 bridgehead atoms. The summed E-state index contributed by atoms with van der Waals surface area (Å²) < 4.78 is 5.56. The zero-order chi connectivity index (χ0) is 13.5. The molecule has 1 aromatic carbocycles. The quantitative estimate of drug-likeness (QED) is 0.721. The fourth-order valence-corrected chi connectivity index (χ4v) is 2.58. The average Bonchev–Trinajstić information content (AvgIpc) is 2.37. The number of nitrogens with one attached hydrogen (secondary N) is 1. The Hall–Kier alpha value is -0.860. The maximum Gasteiger partial charge on any atom is 0.0591 e. The van der Waals surface area contributed by atoms with E-state index in [0.717, 1.165) is 25.7 Å². The lowest BCUT2D eigenvalue weighted by atomic mass is 9.76. The molecule has 2 nitrogen and oxygen atoms in total. The summed E-state index contributed by atoms with van der Waals surface area (Å²) in [5.74, 6) is 0.763. The van der Waals surface area contributed by atoms with Crippen molar-refractivity contribution in [1.82, 2.24) is 5.32 Å². The molecule has 2 rings (SSSR count). The van der Waals surface area contributed by atoms with Crippen LogP contribution < -0.4 is 5.32 Å². The van der Waals surface area contributed by atoms with Gasteiger partial charge in [0.1, 0.15) is 0 Å². The normalized spacial score (nSPS) is 22.2. The Morgan fingerprint density at radius 3 is 2.58 bits per heavy atom. The molecule has 0 saturated heterocycles. The monoisotopic (exact) mass is 261 g/mol. The third kappa shape index (κ3) is 4.63. The molecule has 1 saturated carbocycles. The van der Waals surface area contributed by atoms with Crippen molar-refractivity contribution in [2.45, 2.75) is 51.5 Å². The highest BCUT2D eigenvalue weighted by molar-refractivity contribution is 5.26. The van der Waals surface area contributed by atoms with E-state index in [0.29, 0.717) is 6.04 Å². The Kier molecular flexibility index (Phi) is 5.87. The summed E-state index contributed by atoms with van der Waals surface area (Å²) in [5, 5.41) is 3.58. The van der Waals surface area contributed by atoms with Gasteiger partial charge in [-0.25, -0.2) is 0 Å². The predicted octanol–water partition coefficient (Wildman–Crippen LogP) is 3.65. The number of rotatable bonds is 8. The molecule has 0 unspecified atom stereocenters. The molecule has 0 amide bonds. The second-order valence-corrected chi connectivity index (χ2v) is 5.70. The Bertz CT molecular complexity index is 354. The first-order chi connectivity index (χ1) is 9.29. The largest absolute Gasteiger partial charge is 0.380 e. The van der Waals surface area contributed by atoms with Gasteiger partial charge in [-0.05, 0) is 37.7 Å². The van der Waals surface area contributed by atoms with E-state index in [4.69, 9.17) is 4.74 Å². The van der Waals surface area contributed by atoms with Crippen LogP contribution in [0.4, 0.5) is 0 Å². The van der Waals surface area contributed by atoms with E-state index in [-0.39, 0.29) is 0 Å². The van der Waals surface area contributed by atoms with Gasteiger partial charge in [-0.3, -0.25) is 0 Å². The molecular formula is C17H27NO. The Morgan fingerprint density at radius 2 is 1.89 bits per heavy atom. The number of hydrogen-bond acceptors (Lipinski definition) is 2. The van der Waals surface area contributed by atoms with Crippen LogP contribution in [0.5, 0.6) is 0 Å². The number of benzene rings is 1. The molecule has 0 atom stereocenters. The molecule has 0 aliphatic heterocycles. The van der Waals surface area contributed by atoms with Crippen LogP contribution in [0.25, 0.3) is 0 Å². The van der Waals surface area contributed by atoms with Crippen molar-refractivity contribution in [2.24, 2.45) is 0 Å². The molecule has 1 aliphatic rings. The fourth-order valence-electron chi connectivity index (χ4n) is 2.58. The van der Waals surface area contributed by atoms with Crippen molar-refractivity contribution in [3.05, 3.63) is 35.4 Å². The van der Waals surface area contributed by atoms with Crippen LogP contribution in [0.15, 0.2) is 24.3 Å². The highest BCUT2D eigenvalue weighted by Gasteiger charge is 2.29. The topological polar surface area (TPSA) is 21.3 Å². The smallest absolute Gasteiger partial charge is 0.0591 e. The van der Waals surface area contributed by atoms with Gasteiger partial charge in [0.25, 0.3) is 0 Å². The summed E-state index contributed by atoms with van der Waals surface area (Å²) in [4.78, 5) is 0. The van der Waals surface area contributed by atoms with Gasteiger partial charge in [0.2, 0.25) is 0 Å².